The van der Waals surface area contributed by atoms with E-state index in [9.17, 15) is 14.0 Å². The number of benzene rings is 1. The number of amides is 2. The summed E-state index contributed by atoms with van der Waals surface area (Å²) in [5.41, 5.74) is 1.94. The summed E-state index contributed by atoms with van der Waals surface area (Å²) in [7, 11) is 1.39. The van der Waals surface area contributed by atoms with E-state index in [2.05, 4.69) is 30.9 Å². The fourth-order valence-corrected chi connectivity index (χ4v) is 4.33. The molecule has 0 aliphatic heterocycles. The van der Waals surface area contributed by atoms with Crippen molar-refractivity contribution in [1.29, 1.82) is 0 Å². The van der Waals surface area contributed by atoms with Gasteiger partial charge in [0.1, 0.15) is 17.2 Å². The molecule has 1 aliphatic rings. The summed E-state index contributed by atoms with van der Waals surface area (Å²) in [6, 6.07) is 6.19. The fraction of sp³-hybridized carbons (Fsp3) is 0.417. The molecule has 184 valence electrons. The number of nitrogens with zero attached hydrogens (tertiary/aromatic N) is 5. The van der Waals surface area contributed by atoms with Crippen LogP contribution in [0.2, 0.25) is 0 Å². The molecule has 10 nitrogen and oxygen atoms in total. The third-order valence-electron chi connectivity index (χ3n) is 5.93. The van der Waals surface area contributed by atoms with Crippen molar-refractivity contribution in [3.63, 3.8) is 0 Å². The van der Waals surface area contributed by atoms with Crippen LogP contribution in [0.5, 0.6) is 5.75 Å². The highest BCUT2D eigenvalue weighted by molar-refractivity contribution is 5.93. The molecule has 35 heavy (non-hydrogen) atoms. The van der Waals surface area contributed by atoms with Crippen LogP contribution in [0.1, 0.15) is 48.1 Å². The summed E-state index contributed by atoms with van der Waals surface area (Å²) in [6.07, 6.45) is 4.68. The maximum absolute atomic E-state index is 13.6. The summed E-state index contributed by atoms with van der Waals surface area (Å²) in [4.78, 5) is 32.7. The van der Waals surface area contributed by atoms with Crippen molar-refractivity contribution in [2.75, 3.05) is 7.11 Å². The molecule has 3 aromatic rings. The lowest BCUT2D eigenvalue weighted by Gasteiger charge is -2.11. The predicted octanol–water partition coefficient (Wildman–Crippen LogP) is 2.43. The van der Waals surface area contributed by atoms with E-state index < -0.39 is 5.82 Å². The first-order valence-electron chi connectivity index (χ1n) is 11.4. The number of carbonyl (C=O) groups excluding carboxylic acids is 2. The number of nitrogens with one attached hydrogen (secondary N) is 2. The molecule has 1 aliphatic carbocycles. The van der Waals surface area contributed by atoms with Gasteiger partial charge in [-0.15, -0.1) is 5.10 Å². The Bertz CT molecular complexity index is 1230. The van der Waals surface area contributed by atoms with Gasteiger partial charge in [-0.3, -0.25) is 14.3 Å². The number of hydrogen-bond acceptors (Lipinski definition) is 7. The maximum atomic E-state index is 13.6. The van der Waals surface area contributed by atoms with E-state index in [0.717, 1.165) is 19.3 Å². The number of halogens is 1. The Morgan fingerprint density at radius 2 is 2.03 bits per heavy atom. The van der Waals surface area contributed by atoms with Crippen molar-refractivity contribution in [2.45, 2.75) is 52.2 Å². The van der Waals surface area contributed by atoms with Crippen molar-refractivity contribution in [1.82, 2.24) is 35.6 Å². The average Bonchev–Trinajstić information content (AvgIpc) is 3.47. The van der Waals surface area contributed by atoms with Gasteiger partial charge in [-0.1, -0.05) is 11.3 Å². The first kappa shape index (κ1) is 24.2. The van der Waals surface area contributed by atoms with Gasteiger partial charge in [-0.2, -0.15) is 0 Å². The van der Waals surface area contributed by atoms with Gasteiger partial charge in [0.2, 0.25) is 5.91 Å². The van der Waals surface area contributed by atoms with Crippen LogP contribution in [0.4, 0.5) is 4.39 Å². The van der Waals surface area contributed by atoms with Gasteiger partial charge in [0.05, 0.1) is 19.0 Å². The maximum Gasteiger partial charge on any atom is 0.270 e. The normalized spacial score (nSPS) is 17.3. The Labute approximate surface area is 202 Å². The van der Waals surface area contributed by atoms with Crippen molar-refractivity contribution in [3.8, 4) is 17.1 Å². The average molecular weight is 482 g/mol. The second-order valence-electron chi connectivity index (χ2n) is 8.74. The van der Waals surface area contributed by atoms with E-state index in [0.29, 0.717) is 35.2 Å². The van der Waals surface area contributed by atoms with Gasteiger partial charge in [0.25, 0.3) is 5.91 Å². The predicted molar refractivity (Wildman–Crippen MR) is 125 cm³/mol. The third-order valence-corrected chi connectivity index (χ3v) is 5.93. The third kappa shape index (κ3) is 6.17. The van der Waals surface area contributed by atoms with E-state index >= 15 is 0 Å². The quantitative estimate of drug-likeness (QED) is 0.506. The van der Waals surface area contributed by atoms with Gasteiger partial charge in [0.15, 0.2) is 11.6 Å². The van der Waals surface area contributed by atoms with Crippen LogP contribution >= 0.6 is 0 Å². The fourth-order valence-electron chi connectivity index (χ4n) is 4.33. The number of aryl methyl sites for hydroxylation is 1. The van der Waals surface area contributed by atoms with Crippen LogP contribution < -0.4 is 15.4 Å². The lowest BCUT2D eigenvalue weighted by atomic mass is 10.1. The lowest BCUT2D eigenvalue weighted by molar-refractivity contribution is -0.119. The minimum absolute atomic E-state index is 0.00458. The standard InChI is InChI=1S/C24H28FN7O3/c1-14-27-20(22-13-32(31-30-22)12-17-4-6-18(8-17)29-15(2)33)10-21(28-14)24(34)26-11-16-5-7-19(25)23(9-16)35-3/h5,7,9-10,13,17-18H,4,6,8,11-12H2,1-3H3,(H,26,34)(H,29,33)/t17-,18+/m0/s1. The zero-order chi connectivity index (χ0) is 24.9. The summed E-state index contributed by atoms with van der Waals surface area (Å²) in [6.45, 7) is 4.12. The zero-order valence-electron chi connectivity index (χ0n) is 19.9. The summed E-state index contributed by atoms with van der Waals surface area (Å²) in [5.74, 6) is 0.0902. The van der Waals surface area contributed by atoms with E-state index in [1.165, 1.54) is 26.2 Å². The number of ether oxygens (including phenoxy) is 1. The molecular formula is C24H28FN7O3. The number of rotatable bonds is 8. The highest BCUT2D eigenvalue weighted by Crippen LogP contribution is 2.27. The first-order valence-corrected chi connectivity index (χ1v) is 11.4. The van der Waals surface area contributed by atoms with E-state index in [1.54, 1.807) is 29.9 Å². The van der Waals surface area contributed by atoms with E-state index in [1.807, 2.05) is 0 Å². The minimum Gasteiger partial charge on any atom is -0.494 e. The van der Waals surface area contributed by atoms with Crippen molar-refractivity contribution in [3.05, 3.63) is 53.4 Å². The topological polar surface area (TPSA) is 124 Å². The van der Waals surface area contributed by atoms with Crippen molar-refractivity contribution < 1.29 is 18.7 Å². The molecule has 11 heteroatoms. The van der Waals surface area contributed by atoms with Gasteiger partial charge >= 0.3 is 0 Å². The SMILES string of the molecule is COc1cc(CNC(=O)c2cc(-c3cn(C[C@H]4CC[C@@H](NC(C)=O)C4)nn3)nc(C)n2)ccc1F. The van der Waals surface area contributed by atoms with Crippen molar-refractivity contribution in [2.24, 2.45) is 5.92 Å². The van der Waals surface area contributed by atoms with E-state index in [-0.39, 0.29) is 35.8 Å². The summed E-state index contributed by atoms with van der Waals surface area (Å²) in [5, 5.41) is 14.2. The highest BCUT2D eigenvalue weighted by atomic mass is 19.1. The Hall–Kier alpha value is -3.89. The molecule has 2 heterocycles. The van der Waals surface area contributed by atoms with Crippen LogP contribution in [-0.2, 0) is 17.9 Å². The Morgan fingerprint density at radius 3 is 2.80 bits per heavy atom. The molecule has 1 fully saturated rings. The van der Waals surface area contributed by atoms with Crippen LogP contribution in [-0.4, -0.2) is 49.9 Å². The molecule has 0 saturated heterocycles. The first-order chi connectivity index (χ1) is 16.8. The second kappa shape index (κ2) is 10.6. The molecule has 2 N–H and O–H groups in total. The number of carbonyl (C=O) groups is 2. The van der Waals surface area contributed by atoms with Crippen LogP contribution in [0.3, 0.4) is 0 Å². The molecule has 2 atom stereocenters. The molecular weight excluding hydrogens is 453 g/mol. The molecule has 1 aromatic carbocycles. The van der Waals surface area contributed by atoms with Gasteiger partial charge < -0.3 is 15.4 Å². The molecule has 2 aromatic heterocycles. The van der Waals surface area contributed by atoms with Crippen LogP contribution in [0.25, 0.3) is 11.4 Å². The lowest BCUT2D eigenvalue weighted by Crippen LogP contribution is -2.30. The highest BCUT2D eigenvalue weighted by Gasteiger charge is 2.26. The molecule has 0 spiro atoms. The second-order valence-corrected chi connectivity index (χ2v) is 8.74. The van der Waals surface area contributed by atoms with Gasteiger partial charge in [0, 0.05) is 26.1 Å². The Kier molecular flexibility index (Phi) is 7.33. The number of aromatic nitrogens is 5. The molecule has 0 radical (unpaired) electrons. The molecule has 0 unspecified atom stereocenters. The molecule has 2 amide bonds. The van der Waals surface area contributed by atoms with Gasteiger partial charge in [-0.05, 0) is 55.9 Å². The van der Waals surface area contributed by atoms with Crippen molar-refractivity contribution >= 4 is 11.8 Å². The van der Waals surface area contributed by atoms with E-state index in [4.69, 9.17) is 4.74 Å². The largest absolute Gasteiger partial charge is 0.494 e. The van der Waals surface area contributed by atoms with Crippen LogP contribution in [0.15, 0.2) is 30.5 Å². The zero-order valence-corrected chi connectivity index (χ0v) is 19.9. The number of hydrogen-bond donors (Lipinski definition) is 2. The molecule has 4 rings (SSSR count). The number of methoxy groups -OCH3 is 1. The summed E-state index contributed by atoms with van der Waals surface area (Å²) >= 11 is 0. The molecule has 1 saturated carbocycles. The summed E-state index contributed by atoms with van der Waals surface area (Å²) < 4.78 is 20.4. The Morgan fingerprint density at radius 1 is 1.20 bits per heavy atom. The smallest absolute Gasteiger partial charge is 0.270 e. The van der Waals surface area contributed by atoms with Gasteiger partial charge in [-0.25, -0.2) is 14.4 Å². The van der Waals surface area contributed by atoms with Crippen LogP contribution in [0, 0.1) is 18.7 Å². The Balaban J connectivity index is 1.41. The minimum atomic E-state index is -0.466. The molecule has 0 bridgehead atoms. The monoisotopic (exact) mass is 481 g/mol.